The van der Waals surface area contributed by atoms with Crippen molar-refractivity contribution in [2.45, 2.75) is 6.61 Å². The molecule has 0 aliphatic heterocycles. The summed E-state index contributed by atoms with van der Waals surface area (Å²) in [6.07, 6.45) is 0. The molecule has 0 radical (unpaired) electrons. The number of hydrogen-bond donors (Lipinski definition) is 1. The number of ether oxygens (including phenoxy) is 1. The lowest BCUT2D eigenvalue weighted by Crippen LogP contribution is -2.03. The second-order valence-corrected chi connectivity index (χ2v) is 5.67. The highest BCUT2D eigenvalue weighted by Crippen LogP contribution is 2.25. The lowest BCUT2D eigenvalue weighted by atomic mass is 10.1. The van der Waals surface area contributed by atoms with Crippen LogP contribution >= 0.6 is 15.9 Å². The van der Waals surface area contributed by atoms with Crippen LogP contribution in [0.25, 0.3) is 10.8 Å². The van der Waals surface area contributed by atoms with Gasteiger partial charge in [-0.05, 0) is 47.2 Å². The van der Waals surface area contributed by atoms with Gasteiger partial charge in [-0.25, -0.2) is 4.39 Å². The maximum absolute atomic E-state index is 13.7. The van der Waals surface area contributed by atoms with Crippen molar-refractivity contribution < 1.29 is 9.13 Å². The van der Waals surface area contributed by atoms with Crippen molar-refractivity contribution in [2.24, 2.45) is 0 Å². The van der Waals surface area contributed by atoms with E-state index in [0.717, 1.165) is 15.2 Å². The molecule has 4 heteroatoms. The largest absolute Gasteiger partial charge is 0.489 e. The van der Waals surface area contributed by atoms with E-state index in [1.54, 1.807) is 12.1 Å². The molecule has 0 aromatic heterocycles. The van der Waals surface area contributed by atoms with E-state index in [4.69, 9.17) is 10.5 Å². The lowest BCUT2D eigenvalue weighted by Gasteiger charge is -2.10. The highest BCUT2D eigenvalue weighted by Gasteiger charge is 2.07. The Hall–Kier alpha value is -2.07. The number of rotatable bonds is 3. The van der Waals surface area contributed by atoms with Gasteiger partial charge in [-0.1, -0.05) is 34.1 Å². The predicted octanol–water partition coefficient (Wildman–Crippen LogP) is 4.90. The van der Waals surface area contributed by atoms with Gasteiger partial charge in [0.15, 0.2) is 0 Å². The number of nitrogens with two attached hydrogens (primary N) is 1. The molecule has 0 aliphatic carbocycles. The minimum absolute atomic E-state index is 0.112. The summed E-state index contributed by atoms with van der Waals surface area (Å²) in [6, 6.07) is 16.4. The van der Waals surface area contributed by atoms with E-state index in [1.807, 2.05) is 36.4 Å². The molecule has 21 heavy (non-hydrogen) atoms. The Balaban J connectivity index is 1.84. The molecule has 0 unspecified atom stereocenters. The first-order valence-electron chi connectivity index (χ1n) is 6.48. The van der Waals surface area contributed by atoms with Gasteiger partial charge in [0.25, 0.3) is 0 Å². The molecule has 3 rings (SSSR count). The van der Waals surface area contributed by atoms with Crippen LogP contribution in [-0.4, -0.2) is 0 Å². The Kier molecular flexibility index (Phi) is 3.80. The van der Waals surface area contributed by atoms with Gasteiger partial charge in [-0.15, -0.1) is 0 Å². The van der Waals surface area contributed by atoms with Crippen molar-refractivity contribution >= 4 is 32.4 Å². The zero-order valence-corrected chi connectivity index (χ0v) is 12.7. The fourth-order valence-corrected chi connectivity index (χ4v) is 2.55. The molecule has 0 spiro atoms. The first-order chi connectivity index (χ1) is 10.1. The average molecular weight is 346 g/mol. The van der Waals surface area contributed by atoms with Gasteiger partial charge in [0.2, 0.25) is 0 Å². The fourth-order valence-electron chi connectivity index (χ4n) is 2.17. The van der Waals surface area contributed by atoms with Crippen LogP contribution in [-0.2, 0) is 6.61 Å². The Morgan fingerprint density at radius 3 is 2.57 bits per heavy atom. The SMILES string of the molecule is Nc1cccc(F)c1COc1ccc2cc(Br)ccc2c1. The standard InChI is InChI=1S/C17H13BrFNO/c18-13-6-4-12-9-14(7-5-11(12)8-13)21-10-15-16(19)2-1-3-17(15)20/h1-9H,10,20H2. The highest BCUT2D eigenvalue weighted by molar-refractivity contribution is 9.10. The molecular weight excluding hydrogens is 333 g/mol. The number of anilines is 1. The van der Waals surface area contributed by atoms with E-state index >= 15 is 0 Å². The summed E-state index contributed by atoms with van der Waals surface area (Å²) in [7, 11) is 0. The smallest absolute Gasteiger partial charge is 0.131 e. The normalized spacial score (nSPS) is 10.8. The Morgan fingerprint density at radius 2 is 1.76 bits per heavy atom. The maximum atomic E-state index is 13.7. The zero-order chi connectivity index (χ0) is 14.8. The summed E-state index contributed by atoms with van der Waals surface area (Å²) in [4.78, 5) is 0. The third-order valence-electron chi connectivity index (χ3n) is 3.31. The molecule has 0 saturated heterocycles. The Labute approximate surface area is 130 Å². The average Bonchev–Trinajstić information content (AvgIpc) is 2.47. The van der Waals surface area contributed by atoms with Gasteiger partial charge in [-0.3, -0.25) is 0 Å². The maximum Gasteiger partial charge on any atom is 0.131 e. The molecule has 0 atom stereocenters. The molecule has 3 aromatic rings. The summed E-state index contributed by atoms with van der Waals surface area (Å²) in [5, 5.41) is 2.18. The molecule has 0 amide bonds. The van der Waals surface area contributed by atoms with Crippen LogP contribution in [0.1, 0.15) is 5.56 Å². The van der Waals surface area contributed by atoms with E-state index < -0.39 is 0 Å². The zero-order valence-electron chi connectivity index (χ0n) is 11.1. The topological polar surface area (TPSA) is 35.2 Å². The van der Waals surface area contributed by atoms with Crippen LogP contribution in [0.2, 0.25) is 0 Å². The van der Waals surface area contributed by atoms with Crippen LogP contribution in [0.15, 0.2) is 59.1 Å². The number of hydrogen-bond acceptors (Lipinski definition) is 2. The summed E-state index contributed by atoms with van der Waals surface area (Å²) >= 11 is 3.44. The van der Waals surface area contributed by atoms with Crippen LogP contribution < -0.4 is 10.5 Å². The minimum Gasteiger partial charge on any atom is -0.489 e. The molecule has 0 bridgehead atoms. The molecule has 2 N–H and O–H groups in total. The van der Waals surface area contributed by atoms with Gasteiger partial charge in [0.1, 0.15) is 18.2 Å². The first kappa shape index (κ1) is 13.9. The van der Waals surface area contributed by atoms with Crippen LogP contribution in [0.3, 0.4) is 0 Å². The summed E-state index contributed by atoms with van der Waals surface area (Å²) in [5.41, 5.74) is 6.55. The van der Waals surface area contributed by atoms with Gasteiger partial charge in [-0.2, -0.15) is 0 Å². The third kappa shape index (κ3) is 3.00. The predicted molar refractivity (Wildman–Crippen MR) is 86.8 cm³/mol. The molecular formula is C17H13BrFNO. The molecule has 106 valence electrons. The van der Waals surface area contributed by atoms with Crippen molar-refractivity contribution in [3.63, 3.8) is 0 Å². The van der Waals surface area contributed by atoms with Crippen molar-refractivity contribution in [3.8, 4) is 5.75 Å². The second kappa shape index (κ2) is 5.74. The van der Waals surface area contributed by atoms with Gasteiger partial charge < -0.3 is 10.5 Å². The van der Waals surface area contributed by atoms with Crippen LogP contribution in [0.4, 0.5) is 10.1 Å². The number of benzene rings is 3. The quantitative estimate of drug-likeness (QED) is 0.685. The van der Waals surface area contributed by atoms with Crippen molar-refractivity contribution in [3.05, 3.63) is 70.5 Å². The Morgan fingerprint density at radius 1 is 1.00 bits per heavy atom. The van der Waals surface area contributed by atoms with Crippen molar-refractivity contribution in [2.75, 3.05) is 5.73 Å². The van der Waals surface area contributed by atoms with Gasteiger partial charge >= 0.3 is 0 Å². The number of halogens is 2. The molecule has 0 fully saturated rings. The first-order valence-corrected chi connectivity index (χ1v) is 7.28. The molecule has 0 saturated carbocycles. The van der Waals surface area contributed by atoms with Crippen molar-refractivity contribution in [1.29, 1.82) is 0 Å². The van der Waals surface area contributed by atoms with E-state index in [0.29, 0.717) is 17.0 Å². The van der Waals surface area contributed by atoms with E-state index in [-0.39, 0.29) is 12.4 Å². The summed E-state index contributed by atoms with van der Waals surface area (Å²) in [5.74, 6) is 0.340. The third-order valence-corrected chi connectivity index (χ3v) is 3.81. The Bertz CT molecular complexity index is 784. The number of fused-ring (bicyclic) bond motifs is 1. The van der Waals surface area contributed by atoms with Crippen LogP contribution in [0, 0.1) is 5.82 Å². The number of nitrogen functional groups attached to an aromatic ring is 1. The van der Waals surface area contributed by atoms with E-state index in [9.17, 15) is 4.39 Å². The summed E-state index contributed by atoms with van der Waals surface area (Å²) < 4.78 is 20.4. The highest BCUT2D eigenvalue weighted by atomic mass is 79.9. The molecule has 0 heterocycles. The minimum atomic E-state index is -0.347. The monoisotopic (exact) mass is 345 g/mol. The lowest BCUT2D eigenvalue weighted by molar-refractivity contribution is 0.301. The molecule has 3 aromatic carbocycles. The van der Waals surface area contributed by atoms with Crippen LogP contribution in [0.5, 0.6) is 5.75 Å². The fraction of sp³-hybridized carbons (Fsp3) is 0.0588. The molecule has 0 aliphatic rings. The van der Waals surface area contributed by atoms with E-state index in [1.165, 1.54) is 6.07 Å². The van der Waals surface area contributed by atoms with Gasteiger partial charge in [0.05, 0.1) is 0 Å². The van der Waals surface area contributed by atoms with E-state index in [2.05, 4.69) is 15.9 Å². The van der Waals surface area contributed by atoms with Gasteiger partial charge in [0, 0.05) is 15.7 Å². The molecule has 2 nitrogen and oxygen atoms in total. The summed E-state index contributed by atoms with van der Waals surface area (Å²) in [6.45, 7) is 0.112. The second-order valence-electron chi connectivity index (χ2n) is 4.75. The van der Waals surface area contributed by atoms with Crippen molar-refractivity contribution in [1.82, 2.24) is 0 Å².